The summed E-state index contributed by atoms with van der Waals surface area (Å²) >= 11 is 0. The van der Waals surface area contributed by atoms with E-state index in [0.717, 1.165) is 16.7 Å². The molecule has 0 radical (unpaired) electrons. The minimum atomic E-state index is -0.950. The third kappa shape index (κ3) is 4.27. The molecule has 0 amide bonds. The Morgan fingerprint density at radius 2 is 1.49 bits per heavy atom. The molecule has 2 heterocycles. The van der Waals surface area contributed by atoms with Gasteiger partial charge < -0.3 is 24.1 Å². The summed E-state index contributed by atoms with van der Waals surface area (Å²) < 4.78 is 14.7. The molecule has 2 aromatic heterocycles. The fraction of sp³-hybridized carbons (Fsp3) is 0.258. The van der Waals surface area contributed by atoms with Gasteiger partial charge >= 0.3 is 0 Å². The van der Waals surface area contributed by atoms with Crippen molar-refractivity contribution in [2.45, 2.75) is 36.2 Å². The van der Waals surface area contributed by atoms with Crippen LogP contribution in [0.1, 0.15) is 29.5 Å². The predicted molar refractivity (Wildman–Crippen MR) is 147 cm³/mol. The highest BCUT2D eigenvalue weighted by molar-refractivity contribution is 5.69. The lowest BCUT2D eigenvalue weighted by Crippen LogP contribution is -2.42. The quantitative estimate of drug-likeness (QED) is 0.299. The van der Waals surface area contributed by atoms with Crippen LogP contribution in [-0.2, 0) is 20.6 Å². The van der Waals surface area contributed by atoms with E-state index in [2.05, 4.69) is 51.4 Å². The summed E-state index contributed by atoms with van der Waals surface area (Å²) in [4.78, 5) is 23.9. The molecule has 1 aliphatic carbocycles. The van der Waals surface area contributed by atoms with Crippen molar-refractivity contribution in [2.24, 2.45) is 0 Å². The maximum atomic E-state index is 12.5. The van der Waals surface area contributed by atoms with Crippen LogP contribution in [0, 0.1) is 0 Å². The second kappa shape index (κ2) is 10.2. The Balaban J connectivity index is 1.53. The second-order valence-corrected chi connectivity index (χ2v) is 10.1. The Morgan fingerprint density at radius 3 is 2.00 bits per heavy atom. The number of H-pyrrole nitrogens is 1. The Kier molecular flexibility index (Phi) is 6.60. The van der Waals surface area contributed by atoms with Crippen molar-refractivity contribution in [2.75, 3.05) is 13.7 Å². The van der Waals surface area contributed by atoms with Crippen LogP contribution in [0.4, 0.5) is 0 Å². The van der Waals surface area contributed by atoms with Crippen molar-refractivity contribution < 1.29 is 14.6 Å². The number of rotatable bonds is 8. The van der Waals surface area contributed by atoms with Crippen molar-refractivity contribution in [3.63, 3.8) is 0 Å². The first kappa shape index (κ1) is 25.2. The Bertz CT molecular complexity index is 1510. The number of benzene rings is 3. The van der Waals surface area contributed by atoms with Crippen LogP contribution in [0.2, 0.25) is 0 Å². The summed E-state index contributed by atoms with van der Waals surface area (Å²) in [6.45, 7) is 0.197. The number of methoxy groups -OCH3 is 1. The number of fused-ring (bicyclic) bond motifs is 1. The number of imidazole rings is 1. The summed E-state index contributed by atoms with van der Waals surface area (Å²) in [6, 6.07) is 30.4. The van der Waals surface area contributed by atoms with Crippen LogP contribution in [0.15, 0.2) is 108 Å². The van der Waals surface area contributed by atoms with E-state index in [4.69, 9.17) is 9.47 Å². The van der Waals surface area contributed by atoms with Crippen molar-refractivity contribution in [3.8, 4) is 0 Å². The molecule has 1 fully saturated rings. The molecule has 1 saturated carbocycles. The van der Waals surface area contributed by atoms with Crippen LogP contribution in [0.25, 0.3) is 11.2 Å². The number of nitrogens with one attached hydrogen (secondary N) is 1. The molecule has 5 aromatic rings. The smallest absolute Gasteiger partial charge is 0.278 e. The summed E-state index contributed by atoms with van der Waals surface area (Å²) in [6.07, 6.45) is 2.67. The van der Waals surface area contributed by atoms with Crippen LogP contribution in [0.3, 0.4) is 0 Å². The molecule has 39 heavy (non-hydrogen) atoms. The average molecular weight is 523 g/mol. The van der Waals surface area contributed by atoms with Gasteiger partial charge in [0.05, 0.1) is 37.0 Å². The van der Waals surface area contributed by atoms with Crippen molar-refractivity contribution in [3.05, 3.63) is 131 Å². The van der Waals surface area contributed by atoms with Crippen LogP contribution in [0.5, 0.6) is 0 Å². The summed E-state index contributed by atoms with van der Waals surface area (Å²) in [5.74, 6) is 0. The number of aliphatic hydroxyl groups is 1. The standard InChI is InChI=1S/C31H30N4O4/c1-38-26-18-30(17-25(26)36,35-21-34-27-28(35)32-20-33-29(27)37)19-39-31(22-11-5-2-6-12-22,23-13-7-3-8-14-23)24-15-9-4-10-16-24/h2-16,20-21,25-26,36H,17-19H2,1H3,(H,32,33,37)/t25-,26+,30+/m0/s1. The largest absolute Gasteiger partial charge is 0.390 e. The fourth-order valence-corrected chi connectivity index (χ4v) is 5.94. The van der Waals surface area contributed by atoms with Gasteiger partial charge in [0.15, 0.2) is 11.2 Å². The number of hydrogen-bond acceptors (Lipinski definition) is 6. The first-order valence-corrected chi connectivity index (χ1v) is 13.0. The zero-order valence-electron chi connectivity index (χ0n) is 21.6. The second-order valence-electron chi connectivity index (χ2n) is 10.1. The molecule has 3 atom stereocenters. The highest BCUT2D eigenvalue weighted by Crippen LogP contribution is 2.45. The van der Waals surface area contributed by atoms with Gasteiger partial charge in [-0.25, -0.2) is 9.97 Å². The lowest BCUT2D eigenvalue weighted by atomic mass is 9.79. The van der Waals surface area contributed by atoms with E-state index < -0.39 is 23.3 Å². The van der Waals surface area contributed by atoms with Gasteiger partial charge in [-0.15, -0.1) is 0 Å². The van der Waals surface area contributed by atoms with Crippen molar-refractivity contribution in [1.82, 2.24) is 19.5 Å². The Hall–Kier alpha value is -4.11. The van der Waals surface area contributed by atoms with E-state index in [9.17, 15) is 9.90 Å². The molecule has 3 aromatic carbocycles. The molecular weight excluding hydrogens is 492 g/mol. The van der Waals surface area contributed by atoms with Gasteiger partial charge in [-0.1, -0.05) is 91.0 Å². The average Bonchev–Trinajstić information content (AvgIpc) is 3.58. The molecule has 8 heteroatoms. The molecular formula is C31H30N4O4. The van der Waals surface area contributed by atoms with Crippen LogP contribution >= 0.6 is 0 Å². The van der Waals surface area contributed by atoms with Gasteiger partial charge in [0.1, 0.15) is 5.60 Å². The van der Waals surface area contributed by atoms with Gasteiger partial charge in [0.25, 0.3) is 5.56 Å². The molecule has 2 N–H and O–H groups in total. The minimum Gasteiger partial charge on any atom is -0.390 e. The van der Waals surface area contributed by atoms with Crippen molar-refractivity contribution >= 4 is 11.2 Å². The maximum absolute atomic E-state index is 12.5. The van der Waals surface area contributed by atoms with E-state index >= 15 is 0 Å². The number of aromatic amines is 1. The number of ether oxygens (including phenoxy) is 2. The highest BCUT2D eigenvalue weighted by Gasteiger charge is 2.50. The SMILES string of the molecule is CO[C@@H]1C[C@](COC(c2ccccc2)(c2ccccc2)c2ccccc2)(n2cnc3c(=O)[nH]cnc32)C[C@@H]1O. The van der Waals surface area contributed by atoms with Gasteiger partial charge in [0.2, 0.25) is 0 Å². The third-order valence-corrected chi connectivity index (χ3v) is 7.85. The molecule has 1 aliphatic rings. The molecule has 0 saturated heterocycles. The number of hydrogen-bond donors (Lipinski definition) is 2. The number of nitrogens with zero attached hydrogens (tertiary/aromatic N) is 3. The summed E-state index contributed by atoms with van der Waals surface area (Å²) in [7, 11) is 1.60. The lowest BCUT2D eigenvalue weighted by molar-refractivity contribution is -0.0387. The summed E-state index contributed by atoms with van der Waals surface area (Å²) in [5, 5.41) is 11.0. The maximum Gasteiger partial charge on any atom is 0.278 e. The predicted octanol–water partition coefficient (Wildman–Crippen LogP) is 3.99. The first-order chi connectivity index (χ1) is 19.1. The third-order valence-electron chi connectivity index (χ3n) is 7.85. The van der Waals surface area contributed by atoms with Crippen LogP contribution < -0.4 is 5.56 Å². The van der Waals surface area contributed by atoms with E-state index in [1.54, 1.807) is 13.4 Å². The van der Waals surface area contributed by atoms with E-state index in [1.165, 1.54) is 6.33 Å². The van der Waals surface area contributed by atoms with E-state index in [0.29, 0.717) is 18.5 Å². The zero-order valence-corrected chi connectivity index (χ0v) is 21.6. The van der Waals surface area contributed by atoms with Crippen molar-refractivity contribution in [1.29, 1.82) is 0 Å². The minimum absolute atomic E-state index is 0.197. The molecule has 0 unspecified atom stereocenters. The fourth-order valence-electron chi connectivity index (χ4n) is 5.94. The lowest BCUT2D eigenvalue weighted by Gasteiger charge is -2.40. The molecule has 6 rings (SSSR count). The zero-order chi connectivity index (χ0) is 26.9. The Morgan fingerprint density at radius 1 is 0.923 bits per heavy atom. The number of aromatic nitrogens is 4. The normalized spacial score (nSPS) is 21.4. The van der Waals surface area contributed by atoms with E-state index in [1.807, 2.05) is 59.2 Å². The molecule has 0 bridgehead atoms. The van der Waals surface area contributed by atoms with Gasteiger partial charge in [-0.3, -0.25) is 4.79 Å². The molecule has 8 nitrogen and oxygen atoms in total. The monoisotopic (exact) mass is 522 g/mol. The first-order valence-electron chi connectivity index (χ1n) is 13.0. The number of aliphatic hydroxyl groups excluding tert-OH is 1. The Labute approximate surface area is 225 Å². The molecule has 198 valence electrons. The van der Waals surface area contributed by atoms with Gasteiger partial charge in [-0.2, -0.15) is 0 Å². The van der Waals surface area contributed by atoms with E-state index in [-0.39, 0.29) is 17.7 Å². The molecule has 0 spiro atoms. The molecule has 0 aliphatic heterocycles. The summed E-state index contributed by atoms with van der Waals surface area (Å²) in [5.41, 5.74) is 1.57. The van der Waals surface area contributed by atoms with Gasteiger partial charge in [-0.05, 0) is 16.7 Å². The van der Waals surface area contributed by atoms with Gasteiger partial charge in [0, 0.05) is 20.0 Å². The highest BCUT2D eigenvalue weighted by atomic mass is 16.5. The van der Waals surface area contributed by atoms with Crippen LogP contribution in [-0.4, -0.2) is 50.6 Å². The topological polar surface area (TPSA) is 102 Å².